The van der Waals surface area contributed by atoms with Gasteiger partial charge in [-0.05, 0) is 30.9 Å². The minimum absolute atomic E-state index is 0.171. The van der Waals surface area contributed by atoms with Gasteiger partial charge in [0.15, 0.2) is 0 Å². The van der Waals surface area contributed by atoms with E-state index in [0.717, 1.165) is 11.3 Å². The quantitative estimate of drug-likeness (QED) is 0.808. The van der Waals surface area contributed by atoms with Gasteiger partial charge in [0.25, 0.3) is 0 Å². The summed E-state index contributed by atoms with van der Waals surface area (Å²) >= 11 is 1.71. The van der Waals surface area contributed by atoms with Crippen LogP contribution in [0.5, 0.6) is 0 Å². The summed E-state index contributed by atoms with van der Waals surface area (Å²) in [7, 11) is 1.37. The number of carbonyl (C=O) groups excluding carboxylic acids is 1. The van der Waals surface area contributed by atoms with Crippen molar-refractivity contribution in [3.63, 3.8) is 0 Å². The normalized spacial score (nSPS) is 13.4. The van der Waals surface area contributed by atoms with Crippen molar-refractivity contribution in [2.75, 3.05) is 19.1 Å². The van der Waals surface area contributed by atoms with Gasteiger partial charge in [0.2, 0.25) is 0 Å². The fourth-order valence-electron chi connectivity index (χ4n) is 1.79. The van der Waals surface area contributed by atoms with Crippen LogP contribution in [0.4, 0.5) is 0 Å². The van der Waals surface area contributed by atoms with Crippen LogP contribution in [0.1, 0.15) is 24.1 Å². The molecule has 1 N–H and O–H groups in total. The number of hydrogen-bond acceptors (Lipinski definition) is 5. The number of nitrogens with one attached hydrogen (secondary N) is 1. The predicted octanol–water partition coefficient (Wildman–Crippen LogP) is 2.11. The second kappa shape index (κ2) is 7.82. The molecule has 0 bridgehead atoms. The summed E-state index contributed by atoms with van der Waals surface area (Å²) in [5, 5.41) is 12.1. The summed E-state index contributed by atoms with van der Waals surface area (Å²) in [6.45, 7) is 2.01. The number of esters is 1. The molecule has 0 radical (unpaired) electrons. The van der Waals surface area contributed by atoms with Crippen LogP contribution < -0.4 is 5.32 Å². The van der Waals surface area contributed by atoms with Gasteiger partial charge < -0.3 is 4.74 Å². The van der Waals surface area contributed by atoms with Gasteiger partial charge in [0.1, 0.15) is 6.04 Å². The average Bonchev–Trinajstić information content (AvgIpc) is 2.44. The third kappa shape index (κ3) is 4.58. The van der Waals surface area contributed by atoms with Crippen molar-refractivity contribution < 1.29 is 9.53 Å². The number of methoxy groups -OCH3 is 1. The lowest BCUT2D eigenvalue weighted by atomic mass is 10.0. The number of hydrogen-bond donors (Lipinski definition) is 1. The maximum atomic E-state index is 11.9. The lowest BCUT2D eigenvalue weighted by Crippen LogP contribution is -2.37. The molecule has 0 spiro atoms. The number of thioether (sulfide) groups is 1. The third-order valence-corrected chi connectivity index (χ3v) is 3.49. The van der Waals surface area contributed by atoms with Crippen LogP contribution in [0.15, 0.2) is 24.3 Å². The molecule has 0 amide bonds. The molecule has 5 heteroatoms. The summed E-state index contributed by atoms with van der Waals surface area (Å²) in [5.74, 6) is 0.550. The molecule has 0 saturated heterocycles. The molecule has 0 fully saturated rings. The topological polar surface area (TPSA) is 62.1 Å². The van der Waals surface area contributed by atoms with Gasteiger partial charge in [0.05, 0.1) is 18.7 Å². The maximum absolute atomic E-state index is 11.9. The fraction of sp³-hybridized carbons (Fsp3) is 0.429. The van der Waals surface area contributed by atoms with E-state index in [-0.39, 0.29) is 12.0 Å². The number of carbonyl (C=O) groups is 1. The molecule has 0 aliphatic carbocycles. The molecule has 1 aromatic rings. The summed E-state index contributed by atoms with van der Waals surface area (Å²) in [6, 6.07) is 8.71. The Kier molecular flexibility index (Phi) is 6.40. The van der Waals surface area contributed by atoms with E-state index in [1.807, 2.05) is 19.2 Å². The smallest absolute Gasteiger partial charge is 0.327 e. The van der Waals surface area contributed by atoms with E-state index in [1.54, 1.807) is 30.0 Å². The van der Waals surface area contributed by atoms with E-state index in [1.165, 1.54) is 7.11 Å². The first kappa shape index (κ1) is 15.5. The van der Waals surface area contributed by atoms with Crippen molar-refractivity contribution in [1.29, 1.82) is 5.26 Å². The van der Waals surface area contributed by atoms with Gasteiger partial charge >= 0.3 is 5.97 Å². The molecule has 2 atom stereocenters. The Hall–Kier alpha value is -1.51. The number of nitriles is 1. The van der Waals surface area contributed by atoms with E-state index < -0.39 is 6.04 Å². The van der Waals surface area contributed by atoms with E-state index in [9.17, 15) is 4.79 Å². The van der Waals surface area contributed by atoms with Gasteiger partial charge in [-0.1, -0.05) is 12.1 Å². The van der Waals surface area contributed by atoms with Gasteiger partial charge in [-0.15, -0.1) is 0 Å². The minimum Gasteiger partial charge on any atom is -0.468 e. The third-order valence-electron chi connectivity index (χ3n) is 2.65. The van der Waals surface area contributed by atoms with E-state index in [4.69, 9.17) is 10.00 Å². The van der Waals surface area contributed by atoms with Gasteiger partial charge in [-0.2, -0.15) is 17.0 Å². The Balaban J connectivity index is 2.96. The molecular formula is C14H18N2O2S. The molecule has 0 aromatic heterocycles. The van der Waals surface area contributed by atoms with Crippen molar-refractivity contribution in [2.45, 2.75) is 19.0 Å². The van der Waals surface area contributed by atoms with Gasteiger partial charge in [-0.25, -0.2) is 4.79 Å². The minimum atomic E-state index is -0.541. The van der Waals surface area contributed by atoms with E-state index in [0.29, 0.717) is 5.56 Å². The van der Waals surface area contributed by atoms with Crippen molar-refractivity contribution in [3.8, 4) is 6.07 Å². The molecule has 0 heterocycles. The Bertz CT molecular complexity index is 471. The predicted molar refractivity (Wildman–Crippen MR) is 76.9 cm³/mol. The molecule has 1 rings (SSSR count). The average molecular weight is 278 g/mol. The van der Waals surface area contributed by atoms with Crippen LogP contribution in [0.25, 0.3) is 0 Å². The Morgan fingerprint density at radius 2 is 2.32 bits per heavy atom. The van der Waals surface area contributed by atoms with Crippen LogP contribution >= 0.6 is 11.8 Å². The van der Waals surface area contributed by atoms with Gasteiger partial charge in [-0.3, -0.25) is 5.32 Å². The standard InChI is InChI=1S/C14H18N2O2S/c1-10(9-19-3)16-13(14(17)18-2)12-6-4-5-11(7-12)8-15/h4-7,10,13,16H,9H2,1-3H3. The van der Waals surface area contributed by atoms with Crippen molar-refractivity contribution in [2.24, 2.45) is 0 Å². The first-order valence-corrected chi connectivity index (χ1v) is 7.34. The van der Waals surface area contributed by atoms with Crippen molar-refractivity contribution in [3.05, 3.63) is 35.4 Å². The second-order valence-corrected chi connectivity index (χ2v) is 5.13. The zero-order chi connectivity index (χ0) is 14.3. The summed E-state index contributed by atoms with van der Waals surface area (Å²) in [5.41, 5.74) is 1.28. The monoisotopic (exact) mass is 278 g/mol. The molecular weight excluding hydrogens is 260 g/mol. The summed E-state index contributed by atoms with van der Waals surface area (Å²) in [6.07, 6.45) is 2.02. The molecule has 2 unspecified atom stereocenters. The zero-order valence-electron chi connectivity index (χ0n) is 11.3. The number of rotatable bonds is 6. The number of ether oxygens (including phenoxy) is 1. The van der Waals surface area contributed by atoms with Crippen LogP contribution in [0.3, 0.4) is 0 Å². The molecule has 102 valence electrons. The Labute approximate surface area is 118 Å². The highest BCUT2D eigenvalue weighted by molar-refractivity contribution is 7.98. The lowest BCUT2D eigenvalue weighted by Gasteiger charge is -2.21. The molecule has 19 heavy (non-hydrogen) atoms. The number of nitrogens with zero attached hydrogens (tertiary/aromatic N) is 1. The highest BCUT2D eigenvalue weighted by atomic mass is 32.2. The first-order chi connectivity index (χ1) is 9.12. The summed E-state index contributed by atoms with van der Waals surface area (Å²) < 4.78 is 4.83. The molecule has 0 aliphatic rings. The lowest BCUT2D eigenvalue weighted by molar-refractivity contribution is -0.143. The highest BCUT2D eigenvalue weighted by Crippen LogP contribution is 2.17. The molecule has 1 aromatic carbocycles. The first-order valence-electron chi connectivity index (χ1n) is 5.95. The largest absolute Gasteiger partial charge is 0.468 e. The second-order valence-electron chi connectivity index (χ2n) is 4.22. The van der Waals surface area contributed by atoms with Crippen LogP contribution in [-0.4, -0.2) is 31.1 Å². The zero-order valence-corrected chi connectivity index (χ0v) is 12.2. The van der Waals surface area contributed by atoms with Gasteiger partial charge in [0, 0.05) is 11.8 Å². The molecule has 0 aliphatic heterocycles. The van der Waals surface area contributed by atoms with E-state index >= 15 is 0 Å². The van der Waals surface area contributed by atoms with Crippen LogP contribution in [-0.2, 0) is 9.53 Å². The fourth-order valence-corrected chi connectivity index (χ4v) is 2.38. The molecule has 4 nitrogen and oxygen atoms in total. The SMILES string of the molecule is COC(=O)C(NC(C)CSC)c1cccc(C#N)c1. The maximum Gasteiger partial charge on any atom is 0.327 e. The highest BCUT2D eigenvalue weighted by Gasteiger charge is 2.23. The van der Waals surface area contributed by atoms with Crippen LogP contribution in [0, 0.1) is 11.3 Å². The van der Waals surface area contributed by atoms with Crippen molar-refractivity contribution in [1.82, 2.24) is 5.32 Å². The van der Waals surface area contributed by atoms with Crippen LogP contribution in [0.2, 0.25) is 0 Å². The van der Waals surface area contributed by atoms with Crippen molar-refractivity contribution >= 4 is 17.7 Å². The Morgan fingerprint density at radius 3 is 2.89 bits per heavy atom. The molecule has 0 saturated carbocycles. The van der Waals surface area contributed by atoms with E-state index in [2.05, 4.69) is 11.4 Å². The number of benzene rings is 1. The Morgan fingerprint density at radius 1 is 1.58 bits per heavy atom. The summed E-state index contributed by atoms with van der Waals surface area (Å²) in [4.78, 5) is 11.9.